The van der Waals surface area contributed by atoms with Crippen LogP contribution in [0.4, 0.5) is 21.9 Å². The summed E-state index contributed by atoms with van der Waals surface area (Å²) >= 11 is 0. The molecule has 1 heterocycles. The molecule has 3 rings (SSSR count). The normalized spacial score (nSPS) is 15.9. The molecule has 1 aliphatic rings. The highest BCUT2D eigenvalue weighted by atomic mass is 32.2. The number of sulfone groups is 1. The van der Waals surface area contributed by atoms with E-state index in [0.29, 0.717) is 28.2 Å². The minimum absolute atomic E-state index is 0.0911. The van der Waals surface area contributed by atoms with Gasteiger partial charge in [-0.05, 0) is 36.8 Å². The van der Waals surface area contributed by atoms with E-state index in [1.54, 1.807) is 31.2 Å². The smallest absolute Gasteiger partial charge is 0.411 e. The highest BCUT2D eigenvalue weighted by molar-refractivity contribution is 7.90. The Morgan fingerprint density at radius 1 is 1.06 bits per heavy atom. The van der Waals surface area contributed by atoms with Crippen LogP contribution in [0.25, 0.3) is 11.1 Å². The summed E-state index contributed by atoms with van der Waals surface area (Å²) in [5.41, 5.74) is 2.13. The Hall–Kier alpha value is -3.40. The van der Waals surface area contributed by atoms with Gasteiger partial charge >= 0.3 is 6.09 Å². The predicted octanol–water partition coefficient (Wildman–Crippen LogP) is 2.95. The first-order chi connectivity index (χ1) is 14.4. The van der Waals surface area contributed by atoms with Gasteiger partial charge in [0, 0.05) is 32.2 Å². The summed E-state index contributed by atoms with van der Waals surface area (Å²) in [7, 11) is -3.39. The van der Waals surface area contributed by atoms with Crippen molar-refractivity contribution in [2.24, 2.45) is 0 Å². The number of benzene rings is 2. The number of carbonyl (C=O) groups is 3. The highest BCUT2D eigenvalue weighted by Gasteiger charge is 2.34. The second-order valence-corrected chi connectivity index (χ2v) is 9.51. The van der Waals surface area contributed by atoms with E-state index >= 15 is 0 Å². The molecule has 0 saturated carbocycles. The summed E-state index contributed by atoms with van der Waals surface area (Å²) < 4.78 is 23.5. The molecule has 0 saturated heterocycles. The van der Waals surface area contributed by atoms with Gasteiger partial charge in [0.2, 0.25) is 11.8 Å². The van der Waals surface area contributed by atoms with Crippen LogP contribution in [0.5, 0.6) is 0 Å². The Morgan fingerprint density at radius 2 is 1.68 bits per heavy atom. The van der Waals surface area contributed by atoms with Crippen LogP contribution >= 0.6 is 0 Å². The second kappa shape index (κ2) is 8.03. The fourth-order valence-electron chi connectivity index (χ4n) is 3.74. The van der Waals surface area contributed by atoms with E-state index in [1.165, 1.54) is 30.9 Å². The molecule has 9 nitrogen and oxygen atoms in total. The van der Waals surface area contributed by atoms with E-state index in [9.17, 15) is 27.9 Å². The lowest BCUT2D eigenvalue weighted by molar-refractivity contribution is -0.117. The van der Waals surface area contributed by atoms with Gasteiger partial charge in [0.1, 0.15) is 0 Å². The van der Waals surface area contributed by atoms with Crippen LogP contribution in [0.3, 0.4) is 0 Å². The van der Waals surface area contributed by atoms with E-state index in [0.717, 1.165) is 11.2 Å². The van der Waals surface area contributed by atoms with Crippen LogP contribution in [0, 0.1) is 0 Å². The molecule has 0 fully saturated rings. The number of carboxylic acid groups (broad SMARTS) is 1. The van der Waals surface area contributed by atoms with Crippen molar-refractivity contribution < 1.29 is 27.9 Å². The molecule has 3 amide bonds. The quantitative estimate of drug-likeness (QED) is 0.749. The van der Waals surface area contributed by atoms with Crippen LogP contribution in [0.2, 0.25) is 0 Å². The van der Waals surface area contributed by atoms with Gasteiger partial charge in [-0.15, -0.1) is 0 Å². The van der Waals surface area contributed by atoms with Crippen LogP contribution in [-0.2, 0) is 19.4 Å². The molecule has 31 heavy (non-hydrogen) atoms. The summed E-state index contributed by atoms with van der Waals surface area (Å²) in [6.45, 7) is 4.57. The summed E-state index contributed by atoms with van der Waals surface area (Å²) in [4.78, 5) is 38.8. The Balaban J connectivity index is 2.26. The standard InChI is InChI=1S/C21H23N3O6S/c1-12-11-23(21(27)28)19-9-17(15-5-7-16(8-6-15)31(4,29)30)18(22-13(2)25)10-20(19)24(12)14(3)26/h5-10,12H,11H2,1-4H3,(H,22,25)(H,27,28)/t12-/m0/s1. The second-order valence-electron chi connectivity index (χ2n) is 7.50. The number of amides is 3. The molecule has 0 unspecified atom stereocenters. The third kappa shape index (κ3) is 4.38. The van der Waals surface area contributed by atoms with Crippen LogP contribution in [0.1, 0.15) is 20.8 Å². The molecule has 0 spiro atoms. The van der Waals surface area contributed by atoms with Crippen LogP contribution < -0.4 is 15.1 Å². The number of nitrogens with one attached hydrogen (secondary N) is 1. The maximum Gasteiger partial charge on any atom is 0.411 e. The summed E-state index contributed by atoms with van der Waals surface area (Å²) in [5, 5.41) is 12.4. The minimum Gasteiger partial charge on any atom is -0.465 e. The highest BCUT2D eigenvalue weighted by Crippen LogP contribution is 2.43. The zero-order valence-corrected chi connectivity index (χ0v) is 18.4. The number of carbonyl (C=O) groups excluding carboxylic acids is 2. The SMILES string of the molecule is CC(=O)Nc1cc2c(cc1-c1ccc(S(C)(=O)=O)cc1)N(C(=O)O)C[C@H](C)N2C(C)=O. The number of hydrogen-bond donors (Lipinski definition) is 2. The van der Waals surface area contributed by atoms with Crippen molar-refractivity contribution in [2.45, 2.75) is 31.7 Å². The predicted molar refractivity (Wildman–Crippen MR) is 117 cm³/mol. The molecular formula is C21H23N3O6S. The molecule has 164 valence electrons. The minimum atomic E-state index is -3.39. The lowest BCUT2D eigenvalue weighted by atomic mass is 9.98. The topological polar surface area (TPSA) is 124 Å². The maximum absolute atomic E-state index is 12.3. The van der Waals surface area contributed by atoms with E-state index in [4.69, 9.17) is 0 Å². The average molecular weight is 445 g/mol. The van der Waals surface area contributed by atoms with Gasteiger partial charge in [-0.3, -0.25) is 14.5 Å². The largest absolute Gasteiger partial charge is 0.465 e. The number of nitrogens with zero attached hydrogens (tertiary/aromatic N) is 2. The fourth-order valence-corrected chi connectivity index (χ4v) is 4.37. The van der Waals surface area contributed by atoms with Crippen molar-refractivity contribution >= 4 is 44.8 Å². The molecule has 1 atom stereocenters. The molecule has 0 bridgehead atoms. The summed E-state index contributed by atoms with van der Waals surface area (Å²) in [6, 6.07) is 8.83. The first kappa shape index (κ1) is 22.3. The molecule has 2 aromatic carbocycles. The average Bonchev–Trinajstić information content (AvgIpc) is 2.65. The monoisotopic (exact) mass is 445 g/mol. The Labute approximate surface area is 180 Å². The lowest BCUT2D eigenvalue weighted by Gasteiger charge is -2.40. The first-order valence-electron chi connectivity index (χ1n) is 9.46. The lowest BCUT2D eigenvalue weighted by Crippen LogP contribution is -2.51. The first-order valence-corrected chi connectivity index (χ1v) is 11.4. The molecule has 0 aromatic heterocycles. The number of anilines is 3. The van der Waals surface area contributed by atoms with Crippen molar-refractivity contribution in [3.8, 4) is 11.1 Å². The fraction of sp³-hybridized carbons (Fsp3) is 0.286. The molecule has 2 N–H and O–H groups in total. The van der Waals surface area contributed by atoms with E-state index in [-0.39, 0.29) is 23.3 Å². The van der Waals surface area contributed by atoms with Crippen LogP contribution in [0.15, 0.2) is 41.3 Å². The van der Waals surface area contributed by atoms with Gasteiger partial charge in [-0.25, -0.2) is 13.2 Å². The molecule has 1 aliphatic heterocycles. The van der Waals surface area contributed by atoms with Gasteiger partial charge in [0.25, 0.3) is 0 Å². The van der Waals surface area contributed by atoms with Gasteiger partial charge < -0.3 is 15.3 Å². The van der Waals surface area contributed by atoms with E-state index in [2.05, 4.69) is 5.32 Å². The third-order valence-electron chi connectivity index (χ3n) is 5.03. The van der Waals surface area contributed by atoms with Crippen molar-refractivity contribution in [3.05, 3.63) is 36.4 Å². The van der Waals surface area contributed by atoms with Gasteiger partial charge in [0.15, 0.2) is 9.84 Å². The Morgan fingerprint density at radius 3 is 2.16 bits per heavy atom. The third-order valence-corrected chi connectivity index (χ3v) is 6.16. The summed E-state index contributed by atoms with van der Waals surface area (Å²) in [6.07, 6.45) is -0.0618. The zero-order valence-electron chi connectivity index (χ0n) is 17.5. The number of fused-ring (bicyclic) bond motifs is 1. The van der Waals surface area contributed by atoms with Crippen molar-refractivity contribution in [3.63, 3.8) is 0 Å². The summed E-state index contributed by atoms with van der Waals surface area (Å²) in [5.74, 6) is -0.597. The molecule has 2 aromatic rings. The molecule has 0 aliphatic carbocycles. The van der Waals surface area contributed by atoms with Crippen LogP contribution in [-0.4, -0.2) is 50.3 Å². The van der Waals surface area contributed by atoms with E-state index < -0.39 is 22.0 Å². The van der Waals surface area contributed by atoms with Crippen molar-refractivity contribution in [2.75, 3.05) is 27.9 Å². The van der Waals surface area contributed by atoms with Crippen molar-refractivity contribution in [1.82, 2.24) is 0 Å². The molecular weight excluding hydrogens is 422 g/mol. The zero-order chi connectivity index (χ0) is 23.1. The van der Waals surface area contributed by atoms with Gasteiger partial charge in [0.05, 0.1) is 28.0 Å². The number of rotatable bonds is 3. The Kier molecular flexibility index (Phi) is 5.77. The number of hydrogen-bond acceptors (Lipinski definition) is 5. The molecule has 0 radical (unpaired) electrons. The van der Waals surface area contributed by atoms with Gasteiger partial charge in [-0.2, -0.15) is 0 Å². The molecule has 10 heteroatoms. The van der Waals surface area contributed by atoms with Gasteiger partial charge in [-0.1, -0.05) is 12.1 Å². The van der Waals surface area contributed by atoms with Crippen molar-refractivity contribution in [1.29, 1.82) is 0 Å². The maximum atomic E-state index is 12.3. The Bertz CT molecular complexity index is 1170. The van der Waals surface area contributed by atoms with E-state index in [1.807, 2.05) is 0 Å².